The Hall–Kier alpha value is -3.39. The summed E-state index contributed by atoms with van der Waals surface area (Å²) in [4.78, 5) is 38.5. The minimum Gasteiger partial charge on any atom is -0.496 e. The number of para-hydroxylation sites is 1. The van der Waals surface area contributed by atoms with Crippen LogP contribution < -0.4 is 20.3 Å². The van der Waals surface area contributed by atoms with Gasteiger partial charge in [-0.15, -0.1) is 0 Å². The quantitative estimate of drug-likeness (QED) is 0.665. The standard InChI is InChI=1S/C23H27N3O5/c1-15-10-11-16(13-18(15)26-12-6-9-21(26)27)25-23(29)22(28)24-14-20(31-3)17-7-4-5-8-19(17)30-2/h4-5,7-8,10-11,13,20H,6,9,12,14H2,1-3H3,(H,24,28)(H,25,29)/t20-/m1/s1. The summed E-state index contributed by atoms with van der Waals surface area (Å²) in [6.45, 7) is 2.66. The average Bonchev–Trinajstić information content (AvgIpc) is 3.21. The van der Waals surface area contributed by atoms with Gasteiger partial charge in [0.2, 0.25) is 5.91 Å². The van der Waals surface area contributed by atoms with E-state index in [-0.39, 0.29) is 12.5 Å². The first-order chi connectivity index (χ1) is 14.9. The van der Waals surface area contributed by atoms with Gasteiger partial charge in [-0.1, -0.05) is 24.3 Å². The largest absolute Gasteiger partial charge is 0.496 e. The molecule has 1 aliphatic heterocycles. The highest BCUT2D eigenvalue weighted by Gasteiger charge is 2.24. The lowest BCUT2D eigenvalue weighted by atomic mass is 10.1. The lowest BCUT2D eigenvalue weighted by molar-refractivity contribution is -0.136. The van der Waals surface area contributed by atoms with Gasteiger partial charge >= 0.3 is 11.8 Å². The van der Waals surface area contributed by atoms with E-state index < -0.39 is 17.9 Å². The van der Waals surface area contributed by atoms with Crippen LogP contribution in [-0.2, 0) is 19.1 Å². The van der Waals surface area contributed by atoms with Crippen LogP contribution in [-0.4, -0.2) is 45.0 Å². The molecule has 31 heavy (non-hydrogen) atoms. The van der Waals surface area contributed by atoms with Crippen molar-refractivity contribution in [3.63, 3.8) is 0 Å². The van der Waals surface area contributed by atoms with Crippen molar-refractivity contribution in [1.82, 2.24) is 5.32 Å². The third-order valence-corrected chi connectivity index (χ3v) is 5.26. The molecule has 1 aliphatic rings. The number of amides is 3. The zero-order valence-corrected chi connectivity index (χ0v) is 17.9. The monoisotopic (exact) mass is 425 g/mol. The molecule has 1 saturated heterocycles. The fourth-order valence-corrected chi connectivity index (χ4v) is 3.59. The Morgan fingerprint density at radius 1 is 1.13 bits per heavy atom. The molecule has 0 spiro atoms. The molecule has 2 aromatic rings. The molecule has 0 saturated carbocycles. The first-order valence-corrected chi connectivity index (χ1v) is 10.1. The van der Waals surface area contributed by atoms with E-state index in [0.29, 0.717) is 24.4 Å². The zero-order valence-electron chi connectivity index (χ0n) is 17.9. The number of hydrogen-bond donors (Lipinski definition) is 2. The molecular formula is C23H27N3O5. The number of methoxy groups -OCH3 is 2. The summed E-state index contributed by atoms with van der Waals surface area (Å²) in [5, 5.41) is 5.19. The number of rotatable bonds is 7. The highest BCUT2D eigenvalue weighted by molar-refractivity contribution is 6.39. The van der Waals surface area contributed by atoms with Crippen LogP contribution in [0.4, 0.5) is 11.4 Å². The number of hydrogen-bond acceptors (Lipinski definition) is 5. The Morgan fingerprint density at radius 2 is 1.90 bits per heavy atom. The first kappa shape index (κ1) is 22.3. The van der Waals surface area contributed by atoms with Gasteiger partial charge in [0.1, 0.15) is 11.9 Å². The molecular weight excluding hydrogens is 398 g/mol. The van der Waals surface area contributed by atoms with Crippen LogP contribution in [0.15, 0.2) is 42.5 Å². The topological polar surface area (TPSA) is 97.0 Å². The maximum Gasteiger partial charge on any atom is 0.313 e. The number of carbonyl (C=O) groups is 3. The van der Waals surface area contributed by atoms with Crippen LogP contribution in [0.2, 0.25) is 0 Å². The van der Waals surface area contributed by atoms with E-state index in [1.54, 1.807) is 30.2 Å². The molecule has 1 atom stereocenters. The Labute approximate surface area is 181 Å². The minimum absolute atomic E-state index is 0.0614. The van der Waals surface area contributed by atoms with E-state index in [0.717, 1.165) is 23.2 Å². The number of nitrogens with zero attached hydrogens (tertiary/aromatic N) is 1. The van der Waals surface area contributed by atoms with E-state index in [1.807, 2.05) is 31.2 Å². The summed E-state index contributed by atoms with van der Waals surface area (Å²) in [5.41, 5.74) is 2.90. The van der Waals surface area contributed by atoms with Crippen LogP contribution in [0.5, 0.6) is 5.75 Å². The summed E-state index contributed by atoms with van der Waals surface area (Å²) < 4.78 is 10.8. The second-order valence-electron chi connectivity index (χ2n) is 7.28. The fourth-order valence-electron chi connectivity index (χ4n) is 3.59. The highest BCUT2D eigenvalue weighted by Crippen LogP contribution is 2.28. The first-order valence-electron chi connectivity index (χ1n) is 10.1. The Kier molecular flexibility index (Phi) is 7.25. The predicted octanol–water partition coefficient (Wildman–Crippen LogP) is 2.57. The number of ether oxygens (including phenoxy) is 2. The number of benzene rings is 2. The second-order valence-corrected chi connectivity index (χ2v) is 7.28. The Morgan fingerprint density at radius 3 is 2.58 bits per heavy atom. The van der Waals surface area contributed by atoms with Gasteiger partial charge in [0.15, 0.2) is 0 Å². The molecule has 3 rings (SSSR count). The van der Waals surface area contributed by atoms with Crippen molar-refractivity contribution in [1.29, 1.82) is 0 Å². The lowest BCUT2D eigenvalue weighted by Crippen LogP contribution is -2.38. The van der Waals surface area contributed by atoms with Crippen molar-refractivity contribution in [2.75, 3.05) is 37.5 Å². The molecule has 0 aliphatic carbocycles. The van der Waals surface area contributed by atoms with E-state index >= 15 is 0 Å². The van der Waals surface area contributed by atoms with Gasteiger partial charge in [-0.3, -0.25) is 14.4 Å². The van der Waals surface area contributed by atoms with Gasteiger partial charge in [-0.05, 0) is 37.1 Å². The van der Waals surface area contributed by atoms with Gasteiger partial charge < -0.3 is 25.0 Å². The molecule has 2 N–H and O–H groups in total. The molecule has 0 bridgehead atoms. The van der Waals surface area contributed by atoms with Gasteiger partial charge in [0.05, 0.1) is 7.11 Å². The smallest absolute Gasteiger partial charge is 0.313 e. The summed E-state index contributed by atoms with van der Waals surface area (Å²) in [6, 6.07) is 12.6. The van der Waals surface area contributed by atoms with Crippen LogP contribution in [0.25, 0.3) is 0 Å². The maximum absolute atomic E-state index is 12.4. The van der Waals surface area contributed by atoms with Gasteiger partial charge in [0.25, 0.3) is 0 Å². The number of aryl methyl sites for hydroxylation is 1. The third kappa shape index (κ3) is 5.21. The Bertz CT molecular complexity index is 975. The summed E-state index contributed by atoms with van der Waals surface area (Å²) in [7, 11) is 3.08. The minimum atomic E-state index is -0.794. The molecule has 8 nitrogen and oxygen atoms in total. The maximum atomic E-state index is 12.4. The molecule has 2 aromatic carbocycles. The van der Waals surface area contributed by atoms with Gasteiger partial charge in [-0.25, -0.2) is 0 Å². The number of nitrogens with one attached hydrogen (secondary N) is 2. The third-order valence-electron chi connectivity index (χ3n) is 5.26. The zero-order chi connectivity index (χ0) is 22.4. The number of anilines is 2. The van der Waals surface area contributed by atoms with Crippen molar-refractivity contribution in [3.05, 3.63) is 53.6 Å². The van der Waals surface area contributed by atoms with Crippen LogP contribution in [0.3, 0.4) is 0 Å². The van der Waals surface area contributed by atoms with Crippen LogP contribution in [0, 0.1) is 6.92 Å². The second kappa shape index (κ2) is 10.1. The van der Waals surface area contributed by atoms with Crippen molar-refractivity contribution < 1.29 is 23.9 Å². The van der Waals surface area contributed by atoms with Crippen molar-refractivity contribution in [3.8, 4) is 5.75 Å². The predicted molar refractivity (Wildman–Crippen MR) is 117 cm³/mol. The normalized spacial score (nSPS) is 14.3. The molecule has 0 radical (unpaired) electrons. The molecule has 0 aromatic heterocycles. The molecule has 3 amide bonds. The summed E-state index contributed by atoms with van der Waals surface area (Å²) in [5.74, 6) is -0.878. The van der Waals surface area contributed by atoms with E-state index in [4.69, 9.17) is 9.47 Å². The fraction of sp³-hybridized carbons (Fsp3) is 0.348. The molecule has 8 heteroatoms. The Balaban J connectivity index is 1.63. The van der Waals surface area contributed by atoms with Crippen molar-refractivity contribution in [2.45, 2.75) is 25.9 Å². The SMILES string of the molecule is COc1ccccc1[C@@H](CNC(=O)C(=O)Nc1ccc(C)c(N2CCCC2=O)c1)OC. The van der Waals surface area contributed by atoms with Crippen molar-refractivity contribution in [2.24, 2.45) is 0 Å². The van der Waals surface area contributed by atoms with E-state index in [2.05, 4.69) is 10.6 Å². The van der Waals surface area contributed by atoms with E-state index in [1.165, 1.54) is 7.11 Å². The average molecular weight is 425 g/mol. The van der Waals surface area contributed by atoms with Crippen LogP contribution in [0.1, 0.15) is 30.1 Å². The van der Waals surface area contributed by atoms with E-state index in [9.17, 15) is 14.4 Å². The lowest BCUT2D eigenvalue weighted by Gasteiger charge is -2.20. The highest BCUT2D eigenvalue weighted by atomic mass is 16.5. The van der Waals surface area contributed by atoms with Gasteiger partial charge in [0, 0.05) is 43.6 Å². The molecule has 0 unspecified atom stereocenters. The molecule has 1 fully saturated rings. The molecule has 1 heterocycles. The molecule has 164 valence electrons. The van der Waals surface area contributed by atoms with Crippen molar-refractivity contribution >= 4 is 29.1 Å². The summed E-state index contributed by atoms with van der Waals surface area (Å²) >= 11 is 0. The summed E-state index contributed by atoms with van der Waals surface area (Å²) in [6.07, 6.45) is 0.857. The number of carbonyl (C=O) groups excluding carboxylic acids is 3. The van der Waals surface area contributed by atoms with Crippen LogP contribution >= 0.6 is 0 Å². The van der Waals surface area contributed by atoms with Gasteiger partial charge in [-0.2, -0.15) is 0 Å².